The van der Waals surface area contributed by atoms with E-state index in [0.717, 1.165) is 5.56 Å². The molecule has 0 bridgehead atoms. The topological polar surface area (TPSA) is 17.1 Å². The number of halogens is 1. The molecule has 0 aliphatic rings. The van der Waals surface area contributed by atoms with Crippen molar-refractivity contribution in [2.75, 3.05) is 6.26 Å². The van der Waals surface area contributed by atoms with Gasteiger partial charge in [0.1, 0.15) is 0 Å². The molecule has 0 N–H and O–H groups in total. The maximum atomic E-state index is 11.2. The van der Waals surface area contributed by atoms with Gasteiger partial charge in [0.2, 0.25) is 0 Å². The summed E-state index contributed by atoms with van der Waals surface area (Å²) in [5, 5.41) is -0.377. The summed E-state index contributed by atoms with van der Waals surface area (Å²) in [6, 6.07) is 3.82. The monoisotopic (exact) mass is 242 g/mol. The lowest BCUT2D eigenvalue weighted by atomic mass is 9.98. The molecular formula is C12H15ClOS. The van der Waals surface area contributed by atoms with Crippen LogP contribution in [-0.4, -0.2) is 11.5 Å². The Balaban J connectivity index is 3.39. The number of benzene rings is 1. The Bertz CT molecular complexity index is 385. The third-order valence-corrected chi connectivity index (χ3v) is 3.63. The molecule has 0 amide bonds. The third kappa shape index (κ3) is 2.56. The van der Waals surface area contributed by atoms with Crippen molar-refractivity contribution in [1.82, 2.24) is 0 Å². The number of carbonyl (C=O) groups excluding carboxylic acids is 1. The lowest BCUT2D eigenvalue weighted by Crippen LogP contribution is -2.00. The summed E-state index contributed by atoms with van der Waals surface area (Å²) >= 11 is 7.19. The van der Waals surface area contributed by atoms with Crippen molar-refractivity contribution in [2.45, 2.75) is 31.6 Å². The van der Waals surface area contributed by atoms with Crippen LogP contribution in [0, 0.1) is 6.92 Å². The van der Waals surface area contributed by atoms with E-state index in [9.17, 15) is 4.79 Å². The van der Waals surface area contributed by atoms with Gasteiger partial charge in [0, 0.05) is 10.5 Å². The molecular weight excluding hydrogens is 228 g/mol. The van der Waals surface area contributed by atoms with Crippen LogP contribution >= 0.6 is 23.4 Å². The van der Waals surface area contributed by atoms with Crippen LogP contribution in [0.2, 0.25) is 0 Å². The molecule has 15 heavy (non-hydrogen) atoms. The zero-order chi connectivity index (χ0) is 11.6. The molecule has 0 atom stereocenters. The predicted molar refractivity (Wildman–Crippen MR) is 67.2 cm³/mol. The minimum Gasteiger partial charge on any atom is -0.276 e. The molecule has 82 valence electrons. The predicted octanol–water partition coefficient (Wildman–Crippen LogP) is 4.22. The van der Waals surface area contributed by atoms with Crippen molar-refractivity contribution in [3.8, 4) is 0 Å². The number of carbonyl (C=O) groups is 1. The molecule has 0 saturated carbocycles. The quantitative estimate of drug-likeness (QED) is 0.583. The maximum Gasteiger partial charge on any atom is 0.252 e. The van der Waals surface area contributed by atoms with E-state index in [-0.39, 0.29) is 5.24 Å². The van der Waals surface area contributed by atoms with Crippen LogP contribution in [-0.2, 0) is 0 Å². The first kappa shape index (κ1) is 12.6. The molecule has 1 nitrogen and oxygen atoms in total. The Labute approximate surface area is 100 Å². The second kappa shape index (κ2) is 5.04. The van der Waals surface area contributed by atoms with E-state index >= 15 is 0 Å². The molecule has 3 heteroatoms. The van der Waals surface area contributed by atoms with Gasteiger partial charge < -0.3 is 0 Å². The lowest BCUT2D eigenvalue weighted by Gasteiger charge is -2.15. The third-order valence-electron chi connectivity index (χ3n) is 2.47. The van der Waals surface area contributed by atoms with E-state index in [1.54, 1.807) is 11.8 Å². The van der Waals surface area contributed by atoms with Gasteiger partial charge in [-0.2, -0.15) is 0 Å². The van der Waals surface area contributed by atoms with E-state index in [4.69, 9.17) is 11.6 Å². The Morgan fingerprint density at radius 3 is 2.40 bits per heavy atom. The summed E-state index contributed by atoms with van der Waals surface area (Å²) in [6.45, 7) is 6.25. The Morgan fingerprint density at radius 2 is 2.00 bits per heavy atom. The van der Waals surface area contributed by atoms with Gasteiger partial charge in [-0.05, 0) is 47.9 Å². The number of thioether (sulfide) groups is 1. The highest BCUT2D eigenvalue weighted by molar-refractivity contribution is 7.98. The summed E-state index contributed by atoms with van der Waals surface area (Å²) in [6.07, 6.45) is 2.02. The molecule has 0 fully saturated rings. The summed E-state index contributed by atoms with van der Waals surface area (Å²) < 4.78 is 0. The molecule has 0 heterocycles. The number of hydrogen-bond acceptors (Lipinski definition) is 2. The lowest BCUT2D eigenvalue weighted by molar-refractivity contribution is 0.108. The Hall–Kier alpha value is -0.470. The van der Waals surface area contributed by atoms with Crippen LogP contribution in [0.3, 0.4) is 0 Å². The SMILES string of the molecule is CSc1c(C(C)C)ccc(C(=O)Cl)c1C. The molecule has 1 aromatic rings. The average Bonchev–Trinajstić information content (AvgIpc) is 2.16. The fourth-order valence-corrected chi connectivity index (χ4v) is 2.81. The zero-order valence-electron chi connectivity index (χ0n) is 9.43. The van der Waals surface area contributed by atoms with Gasteiger partial charge in [-0.3, -0.25) is 4.79 Å². The van der Waals surface area contributed by atoms with Crippen molar-refractivity contribution in [3.63, 3.8) is 0 Å². The fourth-order valence-electron chi connectivity index (χ4n) is 1.65. The molecule has 1 aromatic carbocycles. The van der Waals surface area contributed by atoms with Crippen molar-refractivity contribution in [1.29, 1.82) is 0 Å². The molecule has 0 aliphatic carbocycles. The second-order valence-electron chi connectivity index (χ2n) is 3.79. The summed E-state index contributed by atoms with van der Waals surface area (Å²) in [5.74, 6) is 0.464. The average molecular weight is 243 g/mol. The van der Waals surface area contributed by atoms with Crippen LogP contribution in [0.4, 0.5) is 0 Å². The van der Waals surface area contributed by atoms with E-state index in [1.165, 1.54) is 10.5 Å². The van der Waals surface area contributed by atoms with Gasteiger partial charge in [-0.15, -0.1) is 11.8 Å². The summed E-state index contributed by atoms with van der Waals surface area (Å²) in [7, 11) is 0. The summed E-state index contributed by atoms with van der Waals surface area (Å²) in [4.78, 5) is 12.3. The van der Waals surface area contributed by atoms with Crippen LogP contribution in [0.15, 0.2) is 17.0 Å². The van der Waals surface area contributed by atoms with Crippen molar-refractivity contribution >= 4 is 28.6 Å². The molecule has 0 spiro atoms. The van der Waals surface area contributed by atoms with Gasteiger partial charge in [0.25, 0.3) is 5.24 Å². The molecule has 0 aromatic heterocycles. The van der Waals surface area contributed by atoms with Gasteiger partial charge >= 0.3 is 0 Å². The smallest absolute Gasteiger partial charge is 0.252 e. The largest absolute Gasteiger partial charge is 0.276 e. The standard InChI is InChI=1S/C12H15ClOS/c1-7(2)9-5-6-10(12(13)14)8(3)11(9)15-4/h5-7H,1-4H3. The van der Waals surface area contributed by atoms with E-state index in [0.29, 0.717) is 11.5 Å². The first-order chi connectivity index (χ1) is 6.99. The fraction of sp³-hybridized carbons (Fsp3) is 0.417. The molecule has 0 aliphatic heterocycles. The highest BCUT2D eigenvalue weighted by Gasteiger charge is 2.14. The van der Waals surface area contributed by atoms with Gasteiger partial charge in [0.15, 0.2) is 0 Å². The number of rotatable bonds is 3. The maximum absolute atomic E-state index is 11.2. The van der Waals surface area contributed by atoms with Crippen LogP contribution in [0.5, 0.6) is 0 Å². The highest BCUT2D eigenvalue weighted by Crippen LogP contribution is 2.32. The van der Waals surface area contributed by atoms with Crippen LogP contribution < -0.4 is 0 Å². The Morgan fingerprint density at radius 1 is 1.40 bits per heavy atom. The molecule has 0 unspecified atom stereocenters. The van der Waals surface area contributed by atoms with E-state index in [2.05, 4.69) is 13.8 Å². The first-order valence-corrected chi connectivity index (χ1v) is 6.46. The minimum atomic E-state index is -0.377. The number of hydrogen-bond donors (Lipinski definition) is 0. The first-order valence-electron chi connectivity index (χ1n) is 4.86. The van der Waals surface area contributed by atoms with Gasteiger partial charge in [0.05, 0.1) is 0 Å². The molecule has 0 radical (unpaired) electrons. The Kier molecular flexibility index (Phi) is 4.23. The molecule has 0 saturated heterocycles. The van der Waals surface area contributed by atoms with Crippen molar-refractivity contribution in [2.24, 2.45) is 0 Å². The minimum absolute atomic E-state index is 0.377. The zero-order valence-corrected chi connectivity index (χ0v) is 11.0. The van der Waals surface area contributed by atoms with Crippen molar-refractivity contribution in [3.05, 3.63) is 28.8 Å². The van der Waals surface area contributed by atoms with Crippen LogP contribution in [0.1, 0.15) is 41.3 Å². The molecule has 1 rings (SSSR count). The van der Waals surface area contributed by atoms with Gasteiger partial charge in [-0.25, -0.2) is 0 Å². The van der Waals surface area contributed by atoms with Gasteiger partial charge in [-0.1, -0.05) is 19.9 Å². The summed E-state index contributed by atoms with van der Waals surface area (Å²) in [5.41, 5.74) is 2.89. The van der Waals surface area contributed by atoms with E-state index in [1.807, 2.05) is 25.3 Å². The van der Waals surface area contributed by atoms with E-state index < -0.39 is 0 Å². The second-order valence-corrected chi connectivity index (χ2v) is 4.95. The highest BCUT2D eigenvalue weighted by atomic mass is 35.5. The van der Waals surface area contributed by atoms with Crippen LogP contribution in [0.25, 0.3) is 0 Å². The van der Waals surface area contributed by atoms with Crippen molar-refractivity contribution < 1.29 is 4.79 Å². The normalized spacial score (nSPS) is 10.8.